The number of carbonyl (C=O) groups excluding carboxylic acids is 4. The molecule has 2 saturated heterocycles. The van der Waals surface area contributed by atoms with E-state index in [4.69, 9.17) is 32.4 Å². The summed E-state index contributed by atoms with van der Waals surface area (Å²) >= 11 is 14.4. The molecule has 1 saturated carbocycles. The molecule has 6 unspecified atom stereocenters. The number of benzene rings is 3. The molecule has 12 heteroatoms. The van der Waals surface area contributed by atoms with Gasteiger partial charge in [0.1, 0.15) is 5.52 Å². The largest absolute Gasteiger partial charge is 0.504 e. The highest BCUT2D eigenvalue weighted by molar-refractivity contribution is 6.53. The summed E-state index contributed by atoms with van der Waals surface area (Å²) in [6, 6.07) is 18.8. The van der Waals surface area contributed by atoms with Crippen molar-refractivity contribution in [1.29, 1.82) is 0 Å². The van der Waals surface area contributed by atoms with Crippen LogP contribution in [0.4, 0.5) is 5.69 Å². The summed E-state index contributed by atoms with van der Waals surface area (Å²) in [6.07, 6.45) is 1.97. The van der Waals surface area contributed by atoms with E-state index in [1.54, 1.807) is 36.4 Å². The van der Waals surface area contributed by atoms with Gasteiger partial charge in [0.2, 0.25) is 17.7 Å². The number of allylic oxidation sites excluding steroid dienone is 2. The third kappa shape index (κ3) is 3.88. The average molecular weight is 673 g/mol. The minimum Gasteiger partial charge on any atom is -0.504 e. The van der Waals surface area contributed by atoms with E-state index in [0.29, 0.717) is 39.4 Å². The number of amides is 4. The van der Waals surface area contributed by atoms with Crippen molar-refractivity contribution in [2.24, 2.45) is 17.8 Å². The molecular formula is C35H27Cl2N3O7. The standard InChI is InChI=1S/C35H27Cl2N3O7/c1-39-32(44)34(36)16-22-20(28(35(34,37)33(39)45)18-9-14-24(41)26(15-18)46-2)12-13-21-27(22)31(43)40(30(21)42)19-10-7-17(8-11-19)29-38-23-5-3-4-6-25(23)47-29/h3-12,14-15,21-22,27-28,41H,13,16H2,1-2H3. The number of anilines is 1. The van der Waals surface area contributed by atoms with Gasteiger partial charge in [-0.25, -0.2) is 4.98 Å². The summed E-state index contributed by atoms with van der Waals surface area (Å²) in [7, 11) is 2.73. The lowest BCUT2D eigenvalue weighted by Crippen LogP contribution is -2.60. The van der Waals surface area contributed by atoms with Crippen molar-refractivity contribution in [3.63, 3.8) is 0 Å². The zero-order valence-electron chi connectivity index (χ0n) is 25.1. The second-order valence-corrected chi connectivity index (χ2v) is 13.7. The second kappa shape index (κ2) is 10.2. The number of carbonyl (C=O) groups is 4. The van der Waals surface area contributed by atoms with Gasteiger partial charge in [-0.3, -0.25) is 29.0 Å². The number of phenolic OH excluding ortho intramolecular Hbond substituents is 1. The van der Waals surface area contributed by atoms with Crippen molar-refractivity contribution in [1.82, 2.24) is 9.88 Å². The maximum atomic E-state index is 14.3. The van der Waals surface area contributed by atoms with Gasteiger partial charge in [-0.15, -0.1) is 23.2 Å². The van der Waals surface area contributed by atoms with Crippen molar-refractivity contribution in [3.05, 3.63) is 83.9 Å². The van der Waals surface area contributed by atoms with Crippen LogP contribution in [0, 0.1) is 17.8 Å². The van der Waals surface area contributed by atoms with Gasteiger partial charge in [0.15, 0.2) is 26.8 Å². The molecule has 4 amide bonds. The van der Waals surface area contributed by atoms with Crippen LogP contribution in [-0.2, 0) is 19.2 Å². The molecule has 2 aliphatic carbocycles. The Labute approximate surface area is 278 Å². The number of nitrogens with zero attached hydrogens (tertiary/aromatic N) is 3. The number of aromatic nitrogens is 1. The number of methoxy groups -OCH3 is 1. The normalized spacial score (nSPS) is 30.0. The highest BCUT2D eigenvalue weighted by atomic mass is 35.5. The fourth-order valence-electron chi connectivity index (χ4n) is 7.99. The third-order valence-corrected chi connectivity index (χ3v) is 11.6. The van der Waals surface area contributed by atoms with Gasteiger partial charge in [0.25, 0.3) is 11.8 Å². The molecule has 3 aromatic carbocycles. The Morgan fingerprint density at radius 1 is 0.957 bits per heavy atom. The van der Waals surface area contributed by atoms with Gasteiger partial charge in [-0.1, -0.05) is 29.8 Å². The first kappa shape index (κ1) is 29.7. The lowest BCUT2D eigenvalue weighted by atomic mass is 9.56. The zero-order chi connectivity index (χ0) is 33.0. The number of para-hydroxylation sites is 2. The number of rotatable bonds is 4. The van der Waals surface area contributed by atoms with E-state index in [0.717, 1.165) is 4.90 Å². The van der Waals surface area contributed by atoms with E-state index in [2.05, 4.69) is 4.98 Å². The number of ether oxygens (including phenoxy) is 1. The maximum Gasteiger partial charge on any atom is 0.253 e. The predicted molar refractivity (Wildman–Crippen MR) is 172 cm³/mol. The molecular weight excluding hydrogens is 645 g/mol. The number of oxazole rings is 1. The number of hydrogen-bond acceptors (Lipinski definition) is 8. The Bertz CT molecular complexity index is 2040. The van der Waals surface area contributed by atoms with E-state index in [-0.39, 0.29) is 30.2 Å². The number of alkyl halides is 2. The van der Waals surface area contributed by atoms with Gasteiger partial charge >= 0.3 is 0 Å². The molecule has 6 atom stereocenters. The van der Waals surface area contributed by atoms with Crippen molar-refractivity contribution < 1.29 is 33.4 Å². The van der Waals surface area contributed by atoms with Crippen LogP contribution in [0.15, 0.2) is 82.8 Å². The van der Waals surface area contributed by atoms with Crippen LogP contribution in [0.25, 0.3) is 22.6 Å². The van der Waals surface area contributed by atoms with Gasteiger partial charge in [0, 0.05) is 18.5 Å². The van der Waals surface area contributed by atoms with Crippen LogP contribution < -0.4 is 9.64 Å². The number of likely N-dealkylation sites (tertiary alicyclic amines) is 1. The summed E-state index contributed by atoms with van der Waals surface area (Å²) < 4.78 is 11.2. The molecule has 3 fully saturated rings. The van der Waals surface area contributed by atoms with Gasteiger partial charge in [-0.05, 0) is 72.9 Å². The minimum atomic E-state index is -1.93. The highest BCUT2D eigenvalue weighted by Crippen LogP contribution is 2.65. The topological polar surface area (TPSA) is 130 Å². The van der Waals surface area contributed by atoms with E-state index in [1.165, 1.54) is 25.1 Å². The quantitative estimate of drug-likeness (QED) is 0.173. The van der Waals surface area contributed by atoms with Crippen LogP contribution >= 0.6 is 23.2 Å². The Balaban J connectivity index is 1.18. The average Bonchev–Trinajstić information content (AvgIpc) is 3.66. The Hall–Kier alpha value is -4.67. The summed E-state index contributed by atoms with van der Waals surface area (Å²) in [5, 5.41) is 10.3. The summed E-state index contributed by atoms with van der Waals surface area (Å²) in [4.78, 5) is 58.5. The van der Waals surface area contributed by atoms with Crippen LogP contribution in [0.2, 0.25) is 0 Å². The molecule has 2 aliphatic heterocycles. The maximum absolute atomic E-state index is 14.3. The monoisotopic (exact) mass is 671 g/mol. The van der Waals surface area contributed by atoms with Crippen molar-refractivity contribution in [3.8, 4) is 23.0 Å². The fourth-order valence-corrected chi connectivity index (χ4v) is 9.01. The number of imide groups is 2. The zero-order valence-corrected chi connectivity index (χ0v) is 26.7. The number of phenols is 1. The molecule has 8 rings (SSSR count). The first-order chi connectivity index (χ1) is 22.5. The third-order valence-electron chi connectivity index (χ3n) is 10.2. The smallest absolute Gasteiger partial charge is 0.253 e. The lowest BCUT2D eigenvalue weighted by molar-refractivity contribution is -0.138. The van der Waals surface area contributed by atoms with Crippen LogP contribution in [0.3, 0.4) is 0 Å². The summed E-state index contributed by atoms with van der Waals surface area (Å²) in [6.45, 7) is 0. The molecule has 47 heavy (non-hydrogen) atoms. The van der Waals surface area contributed by atoms with Gasteiger partial charge in [-0.2, -0.15) is 0 Å². The van der Waals surface area contributed by atoms with Gasteiger partial charge in [0.05, 0.1) is 24.6 Å². The predicted octanol–water partition coefficient (Wildman–Crippen LogP) is 5.40. The first-order valence-corrected chi connectivity index (χ1v) is 15.9. The van der Waals surface area contributed by atoms with Crippen LogP contribution in [0.5, 0.6) is 11.5 Å². The van der Waals surface area contributed by atoms with E-state index >= 15 is 0 Å². The Morgan fingerprint density at radius 2 is 1.70 bits per heavy atom. The summed E-state index contributed by atoms with van der Waals surface area (Å²) in [5.41, 5.74) is 3.57. The van der Waals surface area contributed by atoms with E-state index < -0.39 is 51.1 Å². The molecule has 3 heterocycles. The Kier molecular flexibility index (Phi) is 6.43. The molecule has 0 spiro atoms. The minimum absolute atomic E-state index is 0.116. The molecule has 10 nitrogen and oxygen atoms in total. The van der Waals surface area contributed by atoms with E-state index in [9.17, 15) is 24.3 Å². The van der Waals surface area contributed by atoms with Crippen molar-refractivity contribution >= 4 is 63.6 Å². The first-order valence-electron chi connectivity index (χ1n) is 15.1. The molecule has 4 aliphatic rings. The number of fused-ring (bicyclic) bond motifs is 5. The van der Waals surface area contributed by atoms with Gasteiger partial charge < -0.3 is 14.3 Å². The molecule has 1 aromatic heterocycles. The van der Waals surface area contributed by atoms with E-state index in [1.807, 2.05) is 30.3 Å². The highest BCUT2D eigenvalue weighted by Gasteiger charge is 2.75. The molecule has 1 N–H and O–H groups in total. The molecule has 238 valence electrons. The number of halogens is 2. The second-order valence-electron chi connectivity index (χ2n) is 12.5. The molecule has 0 bridgehead atoms. The summed E-state index contributed by atoms with van der Waals surface area (Å²) in [5.74, 6) is -4.84. The number of hydrogen-bond donors (Lipinski definition) is 1. The lowest BCUT2D eigenvalue weighted by Gasteiger charge is -2.50. The molecule has 0 radical (unpaired) electrons. The van der Waals surface area contributed by atoms with Crippen molar-refractivity contribution in [2.45, 2.75) is 28.5 Å². The molecule has 4 aromatic rings. The Morgan fingerprint density at radius 3 is 2.43 bits per heavy atom. The number of aromatic hydroxyl groups is 1. The fraction of sp³-hybridized carbons (Fsp3) is 0.286. The SMILES string of the molecule is COc1cc(C2C3=CCC4C(=O)N(c5ccc(-c6nc7ccccc7o6)cc5)C(=O)C4C3CC3(Cl)C(=O)N(C)C(=O)C23Cl)ccc1O. The van der Waals surface area contributed by atoms with Crippen molar-refractivity contribution in [2.75, 3.05) is 19.1 Å². The van der Waals surface area contributed by atoms with Crippen LogP contribution in [0.1, 0.15) is 24.3 Å². The van der Waals surface area contributed by atoms with Crippen LogP contribution in [-0.4, -0.2) is 62.5 Å².